The Morgan fingerprint density at radius 1 is 0.867 bits per heavy atom. The number of hydrogen-bond acceptors (Lipinski definition) is 8. The molecule has 0 unspecified atom stereocenters. The molecule has 1 fully saturated rings. The highest BCUT2D eigenvalue weighted by Gasteiger charge is 2.47. The lowest BCUT2D eigenvalue weighted by Gasteiger charge is -2.40. The number of fused-ring (bicyclic) bond motifs is 1. The molecule has 2 aromatic carbocycles. The van der Waals surface area contributed by atoms with Crippen LogP contribution in [0, 0.1) is 0 Å². The van der Waals surface area contributed by atoms with Crippen LogP contribution in [0.3, 0.4) is 0 Å². The fraction of sp³-hybridized carbons (Fsp3) is 0.500. The van der Waals surface area contributed by atoms with Crippen molar-refractivity contribution in [3.05, 3.63) is 60.9 Å². The minimum atomic E-state index is -2.09. The van der Waals surface area contributed by atoms with Crippen LogP contribution in [0.25, 0.3) is 22.4 Å². The number of rotatable bonds is 9. The predicted octanol–water partition coefficient (Wildman–Crippen LogP) is 8.57. The van der Waals surface area contributed by atoms with Crippen molar-refractivity contribution in [1.29, 1.82) is 0 Å². The van der Waals surface area contributed by atoms with E-state index in [1.165, 1.54) is 0 Å². The second-order valence-corrected chi connectivity index (χ2v) is 24.6. The second kappa shape index (κ2) is 12.3. The van der Waals surface area contributed by atoms with Crippen LogP contribution in [0.15, 0.2) is 60.9 Å². The van der Waals surface area contributed by atoms with Gasteiger partial charge < -0.3 is 24.1 Å². The summed E-state index contributed by atoms with van der Waals surface area (Å²) in [5.74, 6) is 1.68. The van der Waals surface area contributed by atoms with E-state index >= 15 is 0 Å². The Labute approximate surface area is 269 Å². The average molecular weight is 648 g/mol. The Hall–Kier alpha value is -3.10. The van der Waals surface area contributed by atoms with Crippen molar-refractivity contribution in [2.24, 2.45) is 0 Å². The molecule has 242 valence electrons. The average Bonchev–Trinajstić information content (AvgIpc) is 3.54. The molecule has 0 saturated carbocycles. The molecule has 0 radical (unpaired) electrons. The van der Waals surface area contributed by atoms with Gasteiger partial charge in [-0.3, -0.25) is 4.57 Å². The van der Waals surface area contributed by atoms with Crippen molar-refractivity contribution in [2.75, 3.05) is 12.3 Å². The molecular weight excluding hydrogens is 599 g/mol. The molecule has 3 heterocycles. The van der Waals surface area contributed by atoms with Crippen molar-refractivity contribution in [1.82, 2.24) is 19.5 Å². The molecule has 1 aliphatic heterocycles. The van der Waals surface area contributed by atoms with Gasteiger partial charge in [-0.25, -0.2) is 9.97 Å². The molecular formula is C34H49N5O4Si2. The van der Waals surface area contributed by atoms with Crippen LogP contribution in [-0.2, 0) is 13.6 Å². The minimum Gasteiger partial charge on any atom is -0.457 e. The number of anilines is 1. The lowest BCUT2D eigenvalue weighted by atomic mass is 10.1. The number of aromatic nitrogens is 4. The van der Waals surface area contributed by atoms with Crippen molar-refractivity contribution < 1.29 is 18.3 Å². The molecule has 3 atom stereocenters. The monoisotopic (exact) mass is 647 g/mol. The normalized spacial score (nSPS) is 19.7. The van der Waals surface area contributed by atoms with Gasteiger partial charge >= 0.3 is 0 Å². The van der Waals surface area contributed by atoms with E-state index < -0.39 is 16.6 Å². The van der Waals surface area contributed by atoms with E-state index in [0.29, 0.717) is 29.9 Å². The molecule has 11 heteroatoms. The SMILES string of the molecule is CC(C)(C)[Si](C)(C)OC[C@H]1O[C@@H](n2cnc3c(-c4ccc(Oc5ccccc5)cc4)nc(N)nc32)C[C@@H]1O[Si](C)(C)C(C)(C)C. The summed E-state index contributed by atoms with van der Waals surface area (Å²) in [5.41, 5.74) is 9.10. The van der Waals surface area contributed by atoms with E-state index in [-0.39, 0.29) is 34.5 Å². The Bertz CT molecular complexity index is 1610. The molecule has 4 aromatic rings. The van der Waals surface area contributed by atoms with Crippen molar-refractivity contribution in [3.63, 3.8) is 0 Å². The van der Waals surface area contributed by atoms with Crippen LogP contribution in [0.1, 0.15) is 54.2 Å². The van der Waals surface area contributed by atoms with Gasteiger partial charge in [-0.2, -0.15) is 4.98 Å². The van der Waals surface area contributed by atoms with Gasteiger partial charge in [-0.1, -0.05) is 59.7 Å². The maximum absolute atomic E-state index is 6.98. The highest BCUT2D eigenvalue weighted by atomic mass is 28.4. The summed E-state index contributed by atoms with van der Waals surface area (Å²) >= 11 is 0. The lowest BCUT2D eigenvalue weighted by Crippen LogP contribution is -2.48. The summed E-state index contributed by atoms with van der Waals surface area (Å²) in [4.78, 5) is 14.0. The molecule has 0 amide bonds. The fourth-order valence-electron chi connectivity index (χ4n) is 4.86. The summed E-state index contributed by atoms with van der Waals surface area (Å²) in [5, 5.41) is 0.161. The summed E-state index contributed by atoms with van der Waals surface area (Å²) in [6.45, 7) is 23.2. The number of nitrogens with two attached hydrogens (primary N) is 1. The standard InChI is InChI=1S/C34H49N5O4Si2/c1-33(2,3)44(7,8)40-21-27-26(43-45(9,10)34(4,5)6)20-28(42-27)39-22-36-30-29(37-32(35)38-31(30)39)23-16-18-25(19-17-23)41-24-14-12-11-13-15-24/h11-19,22,26-28H,20-21H2,1-10H3,(H2,35,37,38)/t26-,27+,28+/m0/s1. The Morgan fingerprint density at radius 3 is 2.11 bits per heavy atom. The number of para-hydroxylation sites is 1. The fourth-order valence-corrected chi connectivity index (χ4v) is 7.23. The zero-order valence-electron chi connectivity index (χ0n) is 28.4. The van der Waals surface area contributed by atoms with Crippen LogP contribution in [0.5, 0.6) is 11.5 Å². The number of imidazole rings is 1. The minimum absolute atomic E-state index is 0.0654. The zero-order valence-corrected chi connectivity index (χ0v) is 30.4. The predicted molar refractivity (Wildman–Crippen MR) is 185 cm³/mol. The summed E-state index contributed by atoms with van der Waals surface area (Å²) in [7, 11) is -4.09. The number of ether oxygens (including phenoxy) is 2. The molecule has 2 N–H and O–H groups in total. The van der Waals surface area contributed by atoms with Crippen LogP contribution in [-0.4, -0.2) is 55.0 Å². The Kier molecular flexibility index (Phi) is 9.06. The first-order valence-electron chi connectivity index (χ1n) is 15.8. The summed E-state index contributed by atoms with van der Waals surface area (Å²) < 4.78 is 28.4. The third kappa shape index (κ3) is 7.17. The summed E-state index contributed by atoms with van der Waals surface area (Å²) in [6.07, 6.45) is 1.77. The van der Waals surface area contributed by atoms with E-state index in [2.05, 4.69) is 77.7 Å². The summed E-state index contributed by atoms with van der Waals surface area (Å²) in [6, 6.07) is 17.4. The third-order valence-corrected chi connectivity index (χ3v) is 18.7. The van der Waals surface area contributed by atoms with Gasteiger partial charge in [0.25, 0.3) is 0 Å². The molecule has 1 saturated heterocycles. The topological polar surface area (TPSA) is 107 Å². The van der Waals surface area contributed by atoms with E-state index in [9.17, 15) is 0 Å². The molecule has 0 aliphatic carbocycles. The molecule has 5 rings (SSSR count). The van der Waals surface area contributed by atoms with E-state index in [1.807, 2.05) is 59.2 Å². The maximum Gasteiger partial charge on any atom is 0.222 e. The quantitative estimate of drug-likeness (QED) is 0.180. The zero-order chi connectivity index (χ0) is 32.8. The first-order valence-corrected chi connectivity index (χ1v) is 21.6. The number of hydrogen-bond donors (Lipinski definition) is 1. The first-order chi connectivity index (χ1) is 20.9. The first kappa shape index (κ1) is 33.3. The molecule has 45 heavy (non-hydrogen) atoms. The van der Waals surface area contributed by atoms with Crippen LogP contribution in [0.2, 0.25) is 36.3 Å². The van der Waals surface area contributed by atoms with Crippen molar-refractivity contribution in [3.8, 4) is 22.8 Å². The van der Waals surface area contributed by atoms with Gasteiger partial charge in [0.1, 0.15) is 35.0 Å². The largest absolute Gasteiger partial charge is 0.457 e. The van der Waals surface area contributed by atoms with Crippen LogP contribution >= 0.6 is 0 Å². The van der Waals surface area contributed by atoms with Gasteiger partial charge in [0.05, 0.1) is 19.0 Å². The number of benzene rings is 2. The Morgan fingerprint density at radius 2 is 1.49 bits per heavy atom. The highest BCUT2D eigenvalue weighted by Crippen LogP contribution is 2.43. The second-order valence-electron chi connectivity index (χ2n) is 15.0. The molecule has 9 nitrogen and oxygen atoms in total. The van der Waals surface area contributed by atoms with E-state index in [0.717, 1.165) is 17.1 Å². The lowest BCUT2D eigenvalue weighted by molar-refractivity contribution is -0.0383. The molecule has 1 aliphatic rings. The third-order valence-electron chi connectivity index (χ3n) is 9.70. The molecule has 0 bridgehead atoms. The van der Waals surface area contributed by atoms with E-state index in [1.54, 1.807) is 6.33 Å². The van der Waals surface area contributed by atoms with Crippen LogP contribution < -0.4 is 10.5 Å². The van der Waals surface area contributed by atoms with Gasteiger partial charge in [0, 0.05) is 12.0 Å². The van der Waals surface area contributed by atoms with Crippen LogP contribution in [0.4, 0.5) is 5.95 Å². The van der Waals surface area contributed by atoms with Gasteiger partial charge in [-0.15, -0.1) is 0 Å². The Balaban J connectivity index is 1.43. The van der Waals surface area contributed by atoms with Crippen molar-refractivity contribution >= 4 is 33.7 Å². The smallest absolute Gasteiger partial charge is 0.222 e. The van der Waals surface area contributed by atoms with Crippen molar-refractivity contribution in [2.45, 2.75) is 103 Å². The van der Waals surface area contributed by atoms with Gasteiger partial charge in [0.15, 0.2) is 22.3 Å². The number of nitrogen functional groups attached to an aromatic ring is 1. The molecule has 2 aromatic heterocycles. The maximum atomic E-state index is 6.98. The molecule has 0 spiro atoms. The van der Waals surface area contributed by atoms with Gasteiger partial charge in [-0.05, 0) is 72.7 Å². The highest BCUT2D eigenvalue weighted by molar-refractivity contribution is 6.74. The van der Waals surface area contributed by atoms with E-state index in [4.69, 9.17) is 29.0 Å². The van der Waals surface area contributed by atoms with Gasteiger partial charge in [0.2, 0.25) is 5.95 Å². The number of nitrogens with zero attached hydrogens (tertiary/aromatic N) is 4.